The minimum absolute atomic E-state index is 0.0505. The van der Waals surface area contributed by atoms with Crippen molar-refractivity contribution in [3.63, 3.8) is 0 Å². The zero-order valence-electron chi connectivity index (χ0n) is 12.0. The lowest BCUT2D eigenvalue weighted by molar-refractivity contribution is 0.0796. The Kier molecular flexibility index (Phi) is 4.01. The summed E-state index contributed by atoms with van der Waals surface area (Å²) < 4.78 is 0. The number of carbonyl (C=O) groups is 1. The number of aromatic nitrogens is 1. The van der Waals surface area contributed by atoms with Gasteiger partial charge in [0.15, 0.2) is 5.13 Å². The van der Waals surface area contributed by atoms with Crippen molar-refractivity contribution in [1.29, 1.82) is 0 Å². The zero-order chi connectivity index (χ0) is 15.0. The average molecular weight is 310 g/mol. The molecule has 2 unspecified atom stereocenters. The van der Waals surface area contributed by atoms with Gasteiger partial charge in [-0.15, -0.1) is 0 Å². The Balaban J connectivity index is 1.76. The van der Waals surface area contributed by atoms with Crippen LogP contribution >= 0.6 is 11.3 Å². The fraction of sp³-hybridized carbons (Fsp3) is 0.692. The van der Waals surface area contributed by atoms with Crippen LogP contribution in [0.4, 0.5) is 10.9 Å². The van der Waals surface area contributed by atoms with E-state index in [0.717, 1.165) is 37.5 Å². The molecule has 116 valence electrons. The summed E-state index contributed by atoms with van der Waals surface area (Å²) in [7, 11) is 0. The number of amides is 1. The summed E-state index contributed by atoms with van der Waals surface area (Å²) in [5.41, 5.74) is 17.8. The van der Waals surface area contributed by atoms with Crippen LogP contribution in [0.25, 0.3) is 0 Å². The van der Waals surface area contributed by atoms with Crippen LogP contribution in [0.3, 0.4) is 0 Å². The van der Waals surface area contributed by atoms with E-state index in [9.17, 15) is 4.79 Å². The van der Waals surface area contributed by atoms with Gasteiger partial charge in [0.05, 0.1) is 0 Å². The number of nitrogens with two attached hydrogens (primary N) is 3. The molecule has 2 aliphatic rings. The second-order valence-corrected chi connectivity index (χ2v) is 6.84. The van der Waals surface area contributed by atoms with Gasteiger partial charge in [-0.2, -0.15) is 0 Å². The van der Waals surface area contributed by atoms with Crippen LogP contribution in [0.1, 0.15) is 28.9 Å². The van der Waals surface area contributed by atoms with Crippen LogP contribution in [-0.4, -0.2) is 54.1 Å². The Morgan fingerprint density at radius 1 is 1.19 bits per heavy atom. The number of anilines is 2. The number of piperidine rings is 1. The molecule has 21 heavy (non-hydrogen) atoms. The van der Waals surface area contributed by atoms with E-state index < -0.39 is 0 Å². The molecule has 6 N–H and O–H groups in total. The van der Waals surface area contributed by atoms with Crippen LogP contribution in [0.15, 0.2) is 0 Å². The monoisotopic (exact) mass is 310 g/mol. The first-order chi connectivity index (χ1) is 10.0. The molecule has 1 aromatic heterocycles. The minimum atomic E-state index is -0.0505. The maximum Gasteiger partial charge on any atom is 0.267 e. The van der Waals surface area contributed by atoms with Gasteiger partial charge in [0.1, 0.15) is 10.7 Å². The molecular formula is C13H22N6OS. The van der Waals surface area contributed by atoms with Crippen molar-refractivity contribution in [3.8, 4) is 0 Å². The molecule has 2 atom stereocenters. The topological polar surface area (TPSA) is 114 Å². The summed E-state index contributed by atoms with van der Waals surface area (Å²) in [5.74, 6) is 0.269. The predicted octanol–water partition coefficient (Wildman–Crippen LogP) is -0.174. The van der Waals surface area contributed by atoms with E-state index in [1.165, 1.54) is 11.3 Å². The van der Waals surface area contributed by atoms with Crippen LogP contribution in [0.5, 0.6) is 0 Å². The Bertz CT molecular complexity index is 533. The highest BCUT2D eigenvalue weighted by Crippen LogP contribution is 2.31. The molecule has 0 spiro atoms. The third-order valence-corrected chi connectivity index (χ3v) is 5.20. The molecule has 1 amide bonds. The summed E-state index contributed by atoms with van der Waals surface area (Å²) in [6, 6.07) is 0.238. The van der Waals surface area contributed by atoms with E-state index >= 15 is 0 Å². The van der Waals surface area contributed by atoms with Crippen LogP contribution in [0, 0.1) is 0 Å². The quantitative estimate of drug-likeness (QED) is 0.698. The largest absolute Gasteiger partial charge is 0.382 e. The average Bonchev–Trinajstić information content (AvgIpc) is 3.04. The molecule has 0 bridgehead atoms. The fourth-order valence-corrected chi connectivity index (χ4v) is 3.90. The Morgan fingerprint density at radius 2 is 1.95 bits per heavy atom. The molecule has 0 aromatic carbocycles. The highest BCUT2D eigenvalue weighted by Gasteiger charge is 2.29. The number of carbonyl (C=O) groups excluding carboxylic acids is 1. The fourth-order valence-electron chi connectivity index (χ4n) is 2.91. The van der Waals surface area contributed by atoms with Crippen molar-refractivity contribution < 1.29 is 4.79 Å². The number of likely N-dealkylation sites (tertiary alicyclic amines) is 1. The summed E-state index contributed by atoms with van der Waals surface area (Å²) in [6.45, 7) is 2.99. The maximum atomic E-state index is 12.5. The molecule has 2 fully saturated rings. The van der Waals surface area contributed by atoms with Crippen molar-refractivity contribution >= 4 is 28.2 Å². The summed E-state index contributed by atoms with van der Waals surface area (Å²) >= 11 is 1.37. The van der Waals surface area contributed by atoms with E-state index in [-0.39, 0.29) is 18.0 Å². The van der Waals surface area contributed by atoms with Gasteiger partial charge in [-0.3, -0.25) is 4.79 Å². The van der Waals surface area contributed by atoms with E-state index in [0.29, 0.717) is 23.8 Å². The number of hydrogen-bond donors (Lipinski definition) is 3. The highest BCUT2D eigenvalue weighted by atomic mass is 32.1. The Labute approximate surface area is 128 Å². The van der Waals surface area contributed by atoms with Gasteiger partial charge in [0.2, 0.25) is 0 Å². The molecule has 0 saturated carbocycles. The van der Waals surface area contributed by atoms with Gasteiger partial charge >= 0.3 is 0 Å². The van der Waals surface area contributed by atoms with Crippen LogP contribution in [0.2, 0.25) is 0 Å². The third-order valence-electron chi connectivity index (χ3n) is 4.08. The van der Waals surface area contributed by atoms with Crippen molar-refractivity contribution in [1.82, 2.24) is 9.88 Å². The molecule has 3 heterocycles. The predicted molar refractivity (Wildman–Crippen MR) is 84.4 cm³/mol. The van der Waals surface area contributed by atoms with E-state index in [2.05, 4.69) is 9.88 Å². The standard InChI is InChI=1S/C13H22N6OS/c14-8-2-1-4-19(7-8)13-17-11(16)10(21-13)12(20)18-5-3-9(15)6-18/h8-9H,1-7,14-16H2. The van der Waals surface area contributed by atoms with Crippen LogP contribution in [-0.2, 0) is 0 Å². The summed E-state index contributed by atoms with van der Waals surface area (Å²) in [4.78, 5) is 21.3. The highest BCUT2D eigenvalue weighted by molar-refractivity contribution is 7.18. The normalized spacial score (nSPS) is 26.4. The molecule has 2 saturated heterocycles. The van der Waals surface area contributed by atoms with Crippen molar-refractivity contribution in [2.24, 2.45) is 11.5 Å². The molecule has 8 heteroatoms. The maximum absolute atomic E-state index is 12.5. The van der Waals surface area contributed by atoms with Gasteiger partial charge in [0, 0.05) is 38.3 Å². The first kappa shape index (κ1) is 14.6. The number of nitrogens with zero attached hydrogens (tertiary/aromatic N) is 3. The van der Waals surface area contributed by atoms with Gasteiger partial charge in [-0.1, -0.05) is 11.3 Å². The number of hydrogen-bond acceptors (Lipinski definition) is 7. The Morgan fingerprint density at radius 3 is 2.62 bits per heavy atom. The lowest BCUT2D eigenvalue weighted by Gasteiger charge is -2.30. The molecule has 0 aliphatic carbocycles. The van der Waals surface area contributed by atoms with Crippen LogP contribution < -0.4 is 22.1 Å². The SMILES string of the molecule is Nc1nc(N2CCCC(N)C2)sc1C(=O)N1CCC(N)C1. The molecular weight excluding hydrogens is 288 g/mol. The number of nitrogen functional groups attached to an aromatic ring is 1. The van der Waals surface area contributed by atoms with Crippen molar-refractivity contribution in [2.75, 3.05) is 36.8 Å². The molecule has 2 aliphatic heterocycles. The Hall–Kier alpha value is -1.38. The number of rotatable bonds is 2. The second-order valence-electron chi connectivity index (χ2n) is 5.86. The molecule has 3 rings (SSSR count). The molecule has 1 aromatic rings. The molecule has 7 nitrogen and oxygen atoms in total. The smallest absolute Gasteiger partial charge is 0.267 e. The lowest BCUT2D eigenvalue weighted by atomic mass is 10.1. The van der Waals surface area contributed by atoms with Crippen molar-refractivity contribution in [3.05, 3.63) is 4.88 Å². The van der Waals surface area contributed by atoms with E-state index in [1.54, 1.807) is 4.90 Å². The summed E-state index contributed by atoms with van der Waals surface area (Å²) in [5, 5.41) is 0.800. The lowest BCUT2D eigenvalue weighted by Crippen LogP contribution is -2.42. The second kappa shape index (κ2) is 5.78. The van der Waals surface area contributed by atoms with Gasteiger partial charge in [-0.25, -0.2) is 4.98 Å². The molecule has 0 radical (unpaired) electrons. The van der Waals surface area contributed by atoms with Gasteiger partial charge in [-0.05, 0) is 19.3 Å². The summed E-state index contributed by atoms with van der Waals surface area (Å²) in [6.07, 6.45) is 2.93. The van der Waals surface area contributed by atoms with Crippen molar-refractivity contribution in [2.45, 2.75) is 31.3 Å². The number of thiazole rings is 1. The minimum Gasteiger partial charge on any atom is -0.382 e. The van der Waals surface area contributed by atoms with Gasteiger partial charge < -0.3 is 27.0 Å². The zero-order valence-corrected chi connectivity index (χ0v) is 12.8. The first-order valence-electron chi connectivity index (χ1n) is 7.36. The van der Waals surface area contributed by atoms with E-state index in [4.69, 9.17) is 17.2 Å². The third kappa shape index (κ3) is 2.97. The van der Waals surface area contributed by atoms with Gasteiger partial charge in [0.25, 0.3) is 5.91 Å². The first-order valence-corrected chi connectivity index (χ1v) is 8.18. The van der Waals surface area contributed by atoms with E-state index in [1.807, 2.05) is 0 Å².